The smallest absolute Gasteiger partial charge is 0.217 e. The third-order valence-corrected chi connectivity index (χ3v) is 4.61. The highest BCUT2D eigenvalue weighted by Gasteiger charge is 2.18. The Hall–Kier alpha value is -1.46. The van der Waals surface area contributed by atoms with E-state index in [4.69, 9.17) is 16.6 Å². The third kappa shape index (κ3) is 4.05. The molecule has 118 valence electrons. The van der Waals surface area contributed by atoms with Crippen LogP contribution in [0.5, 0.6) is 0 Å². The topological polar surface area (TPSA) is 46.9 Å². The standard InChI is InChI=1S/C16H20ClN3OS/c1-10(2)15-16(22-13-7-5-6-12(17)8-13)20(4)14(19-15)9-18-11(3)21/h5-8,10H,9H2,1-4H3,(H,18,21). The van der Waals surface area contributed by atoms with E-state index in [2.05, 4.69) is 19.2 Å². The second-order valence-electron chi connectivity index (χ2n) is 5.40. The van der Waals surface area contributed by atoms with Crippen LogP contribution in [0.2, 0.25) is 5.02 Å². The maximum Gasteiger partial charge on any atom is 0.217 e. The number of nitrogens with zero attached hydrogens (tertiary/aromatic N) is 2. The first-order valence-corrected chi connectivity index (χ1v) is 8.31. The van der Waals surface area contributed by atoms with Gasteiger partial charge < -0.3 is 9.88 Å². The molecule has 0 aliphatic carbocycles. The number of halogens is 1. The summed E-state index contributed by atoms with van der Waals surface area (Å²) in [5.41, 5.74) is 1.04. The largest absolute Gasteiger partial charge is 0.349 e. The summed E-state index contributed by atoms with van der Waals surface area (Å²) < 4.78 is 2.04. The Morgan fingerprint density at radius 3 is 2.77 bits per heavy atom. The number of nitrogens with one attached hydrogen (secondary N) is 1. The summed E-state index contributed by atoms with van der Waals surface area (Å²) in [4.78, 5) is 16.9. The Morgan fingerprint density at radius 1 is 1.45 bits per heavy atom. The molecule has 0 fully saturated rings. The van der Waals surface area contributed by atoms with Gasteiger partial charge in [0.1, 0.15) is 10.9 Å². The molecule has 2 rings (SSSR count). The van der Waals surface area contributed by atoms with Gasteiger partial charge in [0, 0.05) is 23.9 Å². The molecule has 0 radical (unpaired) electrons. The van der Waals surface area contributed by atoms with E-state index in [1.807, 2.05) is 35.9 Å². The van der Waals surface area contributed by atoms with Crippen molar-refractivity contribution < 1.29 is 4.79 Å². The average molecular weight is 338 g/mol. The fourth-order valence-electron chi connectivity index (χ4n) is 2.05. The Bertz CT molecular complexity index is 682. The van der Waals surface area contributed by atoms with Gasteiger partial charge in [-0.1, -0.05) is 43.3 Å². The molecule has 0 saturated heterocycles. The van der Waals surface area contributed by atoms with Crippen molar-refractivity contribution in [3.63, 3.8) is 0 Å². The number of rotatable bonds is 5. The molecule has 0 bridgehead atoms. The molecule has 1 amide bonds. The first-order chi connectivity index (χ1) is 10.4. The lowest BCUT2D eigenvalue weighted by Gasteiger charge is -2.09. The number of amides is 1. The van der Waals surface area contributed by atoms with Gasteiger partial charge in [-0.2, -0.15) is 0 Å². The van der Waals surface area contributed by atoms with E-state index in [1.165, 1.54) is 6.92 Å². The number of carbonyl (C=O) groups excluding carboxylic acids is 1. The molecule has 22 heavy (non-hydrogen) atoms. The second kappa shape index (κ2) is 7.20. The zero-order chi connectivity index (χ0) is 16.3. The maximum absolute atomic E-state index is 11.1. The number of benzene rings is 1. The van der Waals surface area contributed by atoms with Crippen molar-refractivity contribution in [2.24, 2.45) is 7.05 Å². The van der Waals surface area contributed by atoms with Crippen molar-refractivity contribution in [1.82, 2.24) is 14.9 Å². The number of carbonyl (C=O) groups is 1. The molecule has 0 aliphatic heterocycles. The molecule has 6 heteroatoms. The van der Waals surface area contributed by atoms with Gasteiger partial charge in [0.05, 0.1) is 12.2 Å². The van der Waals surface area contributed by atoms with Gasteiger partial charge in [0.15, 0.2) is 0 Å². The quantitative estimate of drug-likeness (QED) is 0.897. The molecule has 0 saturated carbocycles. The predicted octanol–water partition coefficient (Wildman–Crippen LogP) is 3.98. The summed E-state index contributed by atoms with van der Waals surface area (Å²) in [6.07, 6.45) is 0. The van der Waals surface area contributed by atoms with Crippen LogP contribution in [0, 0.1) is 0 Å². The van der Waals surface area contributed by atoms with Crippen molar-refractivity contribution in [1.29, 1.82) is 0 Å². The van der Waals surface area contributed by atoms with Crippen LogP contribution in [0.4, 0.5) is 0 Å². The Morgan fingerprint density at radius 2 is 2.18 bits per heavy atom. The van der Waals surface area contributed by atoms with Crippen LogP contribution in [0.25, 0.3) is 0 Å². The minimum absolute atomic E-state index is 0.0573. The molecular weight excluding hydrogens is 318 g/mol. The van der Waals surface area contributed by atoms with Gasteiger partial charge in [-0.25, -0.2) is 4.98 Å². The normalized spacial score (nSPS) is 11.0. The second-order valence-corrected chi connectivity index (χ2v) is 6.90. The van der Waals surface area contributed by atoms with Crippen LogP contribution < -0.4 is 5.32 Å². The van der Waals surface area contributed by atoms with E-state index in [-0.39, 0.29) is 5.91 Å². The fraction of sp³-hybridized carbons (Fsp3) is 0.375. The van der Waals surface area contributed by atoms with E-state index < -0.39 is 0 Å². The van der Waals surface area contributed by atoms with Crippen LogP contribution in [0.15, 0.2) is 34.2 Å². The van der Waals surface area contributed by atoms with Gasteiger partial charge in [-0.3, -0.25) is 4.79 Å². The Balaban J connectivity index is 2.34. The van der Waals surface area contributed by atoms with Gasteiger partial charge in [0.25, 0.3) is 0 Å². The van der Waals surface area contributed by atoms with Gasteiger partial charge in [-0.05, 0) is 24.1 Å². The lowest BCUT2D eigenvalue weighted by molar-refractivity contribution is -0.119. The summed E-state index contributed by atoms with van der Waals surface area (Å²) in [6.45, 7) is 6.18. The predicted molar refractivity (Wildman–Crippen MR) is 90.4 cm³/mol. The van der Waals surface area contributed by atoms with E-state index in [9.17, 15) is 4.79 Å². The summed E-state index contributed by atoms with van der Waals surface area (Å²) >= 11 is 7.70. The van der Waals surface area contributed by atoms with Crippen LogP contribution in [-0.4, -0.2) is 15.5 Å². The van der Waals surface area contributed by atoms with E-state index in [1.54, 1.807) is 11.8 Å². The van der Waals surface area contributed by atoms with Gasteiger partial charge in [-0.15, -0.1) is 0 Å². The summed E-state index contributed by atoms with van der Waals surface area (Å²) in [5, 5.41) is 4.60. The van der Waals surface area contributed by atoms with E-state index >= 15 is 0 Å². The number of hydrogen-bond donors (Lipinski definition) is 1. The van der Waals surface area contributed by atoms with Crippen molar-refractivity contribution in [2.75, 3.05) is 0 Å². The lowest BCUT2D eigenvalue weighted by Crippen LogP contribution is -2.21. The summed E-state index contributed by atoms with van der Waals surface area (Å²) in [6, 6.07) is 7.77. The molecular formula is C16H20ClN3OS. The van der Waals surface area contributed by atoms with Crippen molar-refractivity contribution in [2.45, 2.75) is 43.2 Å². The first kappa shape index (κ1) is 16.9. The number of aromatic nitrogens is 2. The molecule has 0 spiro atoms. The summed E-state index contributed by atoms with van der Waals surface area (Å²) in [7, 11) is 1.98. The molecule has 0 aliphatic rings. The van der Waals surface area contributed by atoms with Crippen molar-refractivity contribution in [3.05, 3.63) is 40.8 Å². The van der Waals surface area contributed by atoms with Gasteiger partial charge in [0.2, 0.25) is 5.91 Å². The van der Waals surface area contributed by atoms with Crippen LogP contribution in [-0.2, 0) is 18.4 Å². The minimum Gasteiger partial charge on any atom is -0.349 e. The minimum atomic E-state index is -0.0573. The highest BCUT2D eigenvalue weighted by atomic mass is 35.5. The SMILES string of the molecule is CC(=O)NCc1nc(C(C)C)c(Sc2cccc(Cl)c2)n1C. The molecule has 2 aromatic rings. The van der Waals surface area contributed by atoms with Crippen molar-refractivity contribution in [3.8, 4) is 0 Å². The van der Waals surface area contributed by atoms with Crippen LogP contribution in [0.3, 0.4) is 0 Å². The molecule has 4 nitrogen and oxygen atoms in total. The highest BCUT2D eigenvalue weighted by Crippen LogP contribution is 2.35. The first-order valence-electron chi connectivity index (χ1n) is 7.11. The van der Waals surface area contributed by atoms with Crippen molar-refractivity contribution >= 4 is 29.3 Å². The van der Waals surface area contributed by atoms with Crippen LogP contribution in [0.1, 0.15) is 38.2 Å². The van der Waals surface area contributed by atoms with E-state index in [0.717, 1.165) is 26.5 Å². The van der Waals surface area contributed by atoms with E-state index in [0.29, 0.717) is 12.5 Å². The molecule has 0 atom stereocenters. The molecule has 1 aromatic heterocycles. The molecule has 1 N–H and O–H groups in total. The van der Waals surface area contributed by atoms with Crippen LogP contribution >= 0.6 is 23.4 Å². The molecule has 1 aromatic carbocycles. The lowest BCUT2D eigenvalue weighted by atomic mass is 10.2. The highest BCUT2D eigenvalue weighted by molar-refractivity contribution is 7.99. The monoisotopic (exact) mass is 337 g/mol. The number of hydrogen-bond acceptors (Lipinski definition) is 3. The zero-order valence-corrected chi connectivity index (χ0v) is 14.8. The Kier molecular flexibility index (Phi) is 5.53. The zero-order valence-electron chi connectivity index (χ0n) is 13.2. The third-order valence-electron chi connectivity index (χ3n) is 3.21. The molecule has 0 unspecified atom stereocenters. The number of imidazole rings is 1. The Labute approximate surface area is 140 Å². The summed E-state index contributed by atoms with van der Waals surface area (Å²) in [5.74, 6) is 1.10. The fourth-order valence-corrected chi connectivity index (χ4v) is 3.49. The molecule has 1 heterocycles. The average Bonchev–Trinajstić information content (AvgIpc) is 2.74. The van der Waals surface area contributed by atoms with Gasteiger partial charge >= 0.3 is 0 Å². The maximum atomic E-state index is 11.1.